The van der Waals surface area contributed by atoms with Crippen LogP contribution in [0.5, 0.6) is 5.75 Å². The van der Waals surface area contributed by atoms with Crippen molar-refractivity contribution < 1.29 is 18.7 Å². The maximum absolute atomic E-state index is 12.1. The monoisotopic (exact) mass is 410 g/mol. The first-order valence-corrected chi connectivity index (χ1v) is 9.76. The second kappa shape index (κ2) is 9.45. The number of carbonyl (C=O) groups excluding carboxylic acids is 1. The lowest BCUT2D eigenvalue weighted by atomic mass is 10.0. The quantitative estimate of drug-likeness (QED) is 0.575. The Balaban J connectivity index is 1.88. The van der Waals surface area contributed by atoms with Gasteiger partial charge in [0.1, 0.15) is 11.3 Å². The zero-order valence-corrected chi connectivity index (χ0v) is 17.6. The molecule has 1 N–H and O–H groups in total. The second-order valence-electron chi connectivity index (χ2n) is 6.98. The lowest BCUT2D eigenvalue weighted by Gasteiger charge is -2.26. The average molecular weight is 410 g/mol. The van der Waals surface area contributed by atoms with Gasteiger partial charge in [0.05, 0.1) is 13.7 Å². The summed E-state index contributed by atoms with van der Waals surface area (Å²) < 4.78 is 15.7. The molecule has 0 fully saturated rings. The van der Waals surface area contributed by atoms with Crippen molar-refractivity contribution in [1.29, 1.82) is 0 Å². The Labute approximate surface area is 175 Å². The van der Waals surface area contributed by atoms with E-state index in [4.69, 9.17) is 13.9 Å². The van der Waals surface area contributed by atoms with Gasteiger partial charge in [-0.3, -0.25) is 10.2 Å². The van der Waals surface area contributed by atoms with E-state index in [-0.39, 0.29) is 12.6 Å². The zero-order valence-electron chi connectivity index (χ0n) is 17.6. The minimum Gasteiger partial charge on any atom is -0.496 e. The number of ether oxygens (including phenoxy) is 2. The van der Waals surface area contributed by atoms with E-state index >= 15 is 0 Å². The van der Waals surface area contributed by atoms with Crippen LogP contribution in [0.4, 0.5) is 10.5 Å². The minimum atomic E-state index is -0.555. The molecule has 30 heavy (non-hydrogen) atoms. The molecule has 7 nitrogen and oxygen atoms in total. The number of hydrogen-bond donors (Lipinski definition) is 1. The molecule has 1 atom stereocenters. The molecule has 0 aliphatic rings. The summed E-state index contributed by atoms with van der Waals surface area (Å²) >= 11 is 0. The standard InChI is InChI=1S/C23H26N2O5/c1-5-29-23(27)24-17-10-11-19-16(12-22(26)30-21(19)13-17)14-25(3)15(2)18-8-6-7-9-20(18)28-4/h6-13,15H,5,14H2,1-4H3,(H,24,27). The number of methoxy groups -OCH3 is 1. The van der Waals surface area contributed by atoms with Crippen molar-refractivity contribution in [2.75, 3.05) is 26.1 Å². The Hall–Kier alpha value is -3.32. The maximum atomic E-state index is 12.1. The number of nitrogens with zero attached hydrogens (tertiary/aromatic N) is 1. The number of benzene rings is 2. The number of anilines is 1. The molecule has 1 heterocycles. The highest BCUT2D eigenvalue weighted by atomic mass is 16.5. The van der Waals surface area contributed by atoms with E-state index in [9.17, 15) is 9.59 Å². The zero-order chi connectivity index (χ0) is 21.7. The first-order valence-electron chi connectivity index (χ1n) is 9.76. The van der Waals surface area contributed by atoms with Gasteiger partial charge in [0, 0.05) is 41.4 Å². The Bertz CT molecular complexity index is 1090. The summed E-state index contributed by atoms with van der Waals surface area (Å²) in [5, 5.41) is 3.43. The van der Waals surface area contributed by atoms with Gasteiger partial charge in [-0.25, -0.2) is 9.59 Å². The fourth-order valence-electron chi connectivity index (χ4n) is 3.38. The van der Waals surface area contributed by atoms with Gasteiger partial charge >= 0.3 is 11.7 Å². The molecule has 0 aliphatic carbocycles. The second-order valence-corrected chi connectivity index (χ2v) is 6.98. The van der Waals surface area contributed by atoms with Crippen molar-refractivity contribution in [3.8, 4) is 5.75 Å². The Kier molecular flexibility index (Phi) is 6.74. The van der Waals surface area contributed by atoms with Crippen molar-refractivity contribution >= 4 is 22.7 Å². The van der Waals surface area contributed by atoms with Crippen LogP contribution in [0.2, 0.25) is 0 Å². The first kappa shape index (κ1) is 21.4. The van der Waals surface area contributed by atoms with Crippen molar-refractivity contribution in [3.05, 3.63) is 70.1 Å². The molecule has 1 aromatic heterocycles. The van der Waals surface area contributed by atoms with E-state index in [0.717, 1.165) is 22.3 Å². The highest BCUT2D eigenvalue weighted by molar-refractivity contribution is 5.89. The summed E-state index contributed by atoms with van der Waals surface area (Å²) in [6.07, 6.45) is -0.555. The molecule has 158 valence electrons. The first-order chi connectivity index (χ1) is 14.4. The minimum absolute atomic E-state index is 0.0631. The molecule has 0 radical (unpaired) electrons. The highest BCUT2D eigenvalue weighted by Crippen LogP contribution is 2.30. The van der Waals surface area contributed by atoms with E-state index in [0.29, 0.717) is 17.8 Å². The molecule has 0 bridgehead atoms. The van der Waals surface area contributed by atoms with Crippen LogP contribution in [0.1, 0.15) is 31.0 Å². The van der Waals surface area contributed by atoms with Gasteiger partial charge in [-0.15, -0.1) is 0 Å². The fraction of sp³-hybridized carbons (Fsp3) is 0.304. The van der Waals surface area contributed by atoms with Crippen molar-refractivity contribution in [2.45, 2.75) is 26.4 Å². The number of carbonyl (C=O) groups is 1. The topological polar surface area (TPSA) is 81.0 Å². The van der Waals surface area contributed by atoms with Gasteiger partial charge in [0.15, 0.2) is 0 Å². The van der Waals surface area contributed by atoms with Crippen LogP contribution in [-0.4, -0.2) is 31.8 Å². The van der Waals surface area contributed by atoms with Gasteiger partial charge in [-0.05, 0) is 44.7 Å². The van der Waals surface area contributed by atoms with E-state index < -0.39 is 11.7 Å². The van der Waals surface area contributed by atoms with E-state index in [1.165, 1.54) is 6.07 Å². The third-order valence-electron chi connectivity index (χ3n) is 5.02. The van der Waals surface area contributed by atoms with Gasteiger partial charge in [-0.1, -0.05) is 18.2 Å². The van der Waals surface area contributed by atoms with Crippen molar-refractivity contribution in [1.82, 2.24) is 4.90 Å². The molecule has 0 saturated carbocycles. The number of fused-ring (bicyclic) bond motifs is 1. The van der Waals surface area contributed by atoms with E-state index in [1.54, 1.807) is 26.2 Å². The summed E-state index contributed by atoms with van der Waals surface area (Å²) in [5.74, 6) is 0.823. The Morgan fingerprint density at radius 3 is 2.70 bits per heavy atom. The molecule has 2 aromatic carbocycles. The largest absolute Gasteiger partial charge is 0.496 e. The predicted octanol–water partition coefficient (Wildman–Crippen LogP) is 4.56. The maximum Gasteiger partial charge on any atom is 0.411 e. The molecule has 7 heteroatoms. The summed E-state index contributed by atoms with van der Waals surface area (Å²) in [7, 11) is 3.65. The number of hydrogen-bond acceptors (Lipinski definition) is 6. The Morgan fingerprint density at radius 2 is 1.97 bits per heavy atom. The van der Waals surface area contributed by atoms with Crippen LogP contribution in [0.15, 0.2) is 57.7 Å². The van der Waals surface area contributed by atoms with Crippen LogP contribution in [0, 0.1) is 0 Å². The smallest absolute Gasteiger partial charge is 0.411 e. The number of nitrogens with one attached hydrogen (secondary N) is 1. The molecule has 0 spiro atoms. The number of para-hydroxylation sites is 1. The number of rotatable bonds is 7. The lowest BCUT2D eigenvalue weighted by molar-refractivity contribution is 0.168. The Morgan fingerprint density at radius 1 is 1.20 bits per heavy atom. The molecular formula is C23H26N2O5. The predicted molar refractivity (Wildman–Crippen MR) is 116 cm³/mol. The third kappa shape index (κ3) is 4.80. The third-order valence-corrected chi connectivity index (χ3v) is 5.02. The van der Waals surface area contributed by atoms with E-state index in [1.807, 2.05) is 37.4 Å². The normalized spacial score (nSPS) is 12.0. The molecule has 1 amide bonds. The van der Waals surface area contributed by atoms with Crippen molar-refractivity contribution in [3.63, 3.8) is 0 Å². The molecule has 0 saturated heterocycles. The lowest BCUT2D eigenvalue weighted by Crippen LogP contribution is -2.23. The summed E-state index contributed by atoms with van der Waals surface area (Å²) in [4.78, 5) is 25.9. The molecule has 3 rings (SSSR count). The fourth-order valence-corrected chi connectivity index (χ4v) is 3.38. The summed E-state index contributed by atoms with van der Waals surface area (Å²) in [6, 6.07) is 14.7. The average Bonchev–Trinajstić information content (AvgIpc) is 2.72. The van der Waals surface area contributed by atoms with E-state index in [2.05, 4.69) is 17.1 Å². The van der Waals surface area contributed by atoms with Gasteiger partial charge in [0.2, 0.25) is 0 Å². The van der Waals surface area contributed by atoms with Gasteiger partial charge in [-0.2, -0.15) is 0 Å². The number of amides is 1. The molecular weight excluding hydrogens is 384 g/mol. The van der Waals surface area contributed by atoms with Crippen LogP contribution in [-0.2, 0) is 11.3 Å². The van der Waals surface area contributed by atoms with Crippen LogP contribution in [0.25, 0.3) is 11.0 Å². The molecule has 1 unspecified atom stereocenters. The summed E-state index contributed by atoms with van der Waals surface area (Å²) in [6.45, 7) is 4.63. The highest BCUT2D eigenvalue weighted by Gasteiger charge is 2.18. The van der Waals surface area contributed by atoms with Crippen molar-refractivity contribution in [2.24, 2.45) is 0 Å². The van der Waals surface area contributed by atoms with Gasteiger partial charge in [0.25, 0.3) is 0 Å². The SMILES string of the molecule is CCOC(=O)Nc1ccc2c(CN(C)C(C)c3ccccc3OC)cc(=O)oc2c1. The van der Waals surface area contributed by atoms with Crippen LogP contribution in [0.3, 0.4) is 0 Å². The van der Waals surface area contributed by atoms with Crippen LogP contribution < -0.4 is 15.7 Å². The summed E-state index contributed by atoms with van der Waals surface area (Å²) in [5.41, 5.74) is 2.37. The molecule has 3 aromatic rings. The molecule has 0 aliphatic heterocycles. The van der Waals surface area contributed by atoms with Crippen LogP contribution >= 0.6 is 0 Å². The van der Waals surface area contributed by atoms with Gasteiger partial charge < -0.3 is 13.9 Å².